The van der Waals surface area contributed by atoms with Crippen molar-refractivity contribution in [2.24, 2.45) is 16.6 Å². The molecule has 10 nitrogen and oxygen atoms in total. The molecule has 1 aromatic carbocycles. The topological polar surface area (TPSA) is 121 Å². The maximum Gasteiger partial charge on any atom is 0.235 e. The van der Waals surface area contributed by atoms with Crippen LogP contribution in [0.2, 0.25) is 0 Å². The second-order valence-electron chi connectivity index (χ2n) is 8.79. The molecule has 3 aliphatic rings. The Balaban J connectivity index is 0.000000786. The SMILES string of the molecule is C1CC1.CN1C(=O)C2CCOCC2(c2cc(Oc3ccnc(-n4cncn4)c3)ccc2P)N=C1N. The number of guanidine groups is 1. The molecule has 3 unspecified atom stereocenters. The summed E-state index contributed by atoms with van der Waals surface area (Å²) in [6, 6.07) is 9.21. The van der Waals surface area contributed by atoms with E-state index in [4.69, 9.17) is 20.2 Å². The molecule has 6 rings (SSSR count). The van der Waals surface area contributed by atoms with Crippen LogP contribution in [0, 0.1) is 5.92 Å². The van der Waals surface area contributed by atoms with Crippen molar-refractivity contribution in [3.05, 3.63) is 54.7 Å². The third kappa shape index (κ3) is 4.76. The Morgan fingerprint density at radius 2 is 2.00 bits per heavy atom. The molecular formula is C24H28N7O3P. The van der Waals surface area contributed by atoms with Gasteiger partial charge in [0.05, 0.1) is 12.5 Å². The summed E-state index contributed by atoms with van der Waals surface area (Å²) in [6.45, 7) is 0.778. The van der Waals surface area contributed by atoms with Crippen LogP contribution >= 0.6 is 9.24 Å². The van der Waals surface area contributed by atoms with Gasteiger partial charge in [-0.15, -0.1) is 9.24 Å². The molecule has 0 spiro atoms. The summed E-state index contributed by atoms with van der Waals surface area (Å²) in [5.41, 5.74) is 6.05. The van der Waals surface area contributed by atoms with Crippen LogP contribution in [-0.4, -0.2) is 56.8 Å². The van der Waals surface area contributed by atoms with E-state index < -0.39 is 5.54 Å². The molecule has 1 aliphatic carbocycles. The number of rotatable bonds is 4. The average molecular weight is 494 g/mol. The van der Waals surface area contributed by atoms with Crippen LogP contribution in [0.4, 0.5) is 0 Å². The van der Waals surface area contributed by atoms with Gasteiger partial charge in [0, 0.05) is 25.9 Å². The van der Waals surface area contributed by atoms with Crippen LogP contribution in [0.3, 0.4) is 0 Å². The van der Waals surface area contributed by atoms with E-state index in [2.05, 4.69) is 24.3 Å². The number of carbonyl (C=O) groups excluding carboxylic acids is 1. The third-order valence-electron chi connectivity index (χ3n) is 6.19. The van der Waals surface area contributed by atoms with Gasteiger partial charge in [-0.3, -0.25) is 9.69 Å². The van der Waals surface area contributed by atoms with Gasteiger partial charge in [0.1, 0.15) is 29.7 Å². The minimum absolute atomic E-state index is 0.0527. The molecule has 2 aliphatic heterocycles. The number of carbonyl (C=O) groups is 1. The summed E-state index contributed by atoms with van der Waals surface area (Å²) < 4.78 is 13.5. The zero-order chi connectivity index (χ0) is 24.4. The highest BCUT2D eigenvalue weighted by molar-refractivity contribution is 7.27. The summed E-state index contributed by atoms with van der Waals surface area (Å²) in [7, 11) is 4.37. The zero-order valence-corrected chi connectivity index (χ0v) is 20.7. The quantitative estimate of drug-likeness (QED) is 0.553. The van der Waals surface area contributed by atoms with E-state index in [-0.39, 0.29) is 24.4 Å². The average Bonchev–Trinajstić information content (AvgIpc) is 3.66. The molecule has 35 heavy (non-hydrogen) atoms. The van der Waals surface area contributed by atoms with Crippen molar-refractivity contribution in [2.45, 2.75) is 31.2 Å². The molecule has 1 saturated heterocycles. The second-order valence-corrected chi connectivity index (χ2v) is 9.41. The Morgan fingerprint density at radius 1 is 1.20 bits per heavy atom. The normalized spacial score (nSPS) is 23.0. The first kappa shape index (κ1) is 23.4. The van der Waals surface area contributed by atoms with Gasteiger partial charge >= 0.3 is 0 Å². The Morgan fingerprint density at radius 3 is 2.74 bits per heavy atom. The van der Waals surface area contributed by atoms with Crippen LogP contribution in [0.1, 0.15) is 31.2 Å². The molecular weight excluding hydrogens is 465 g/mol. The number of fused-ring (bicyclic) bond motifs is 1. The minimum atomic E-state index is -0.896. The Hall–Kier alpha value is -3.36. The molecule has 2 fully saturated rings. The maximum atomic E-state index is 13.0. The molecule has 182 valence electrons. The predicted octanol–water partition coefficient (Wildman–Crippen LogP) is 2.14. The van der Waals surface area contributed by atoms with Gasteiger partial charge in [0.2, 0.25) is 5.91 Å². The number of hydrogen-bond donors (Lipinski definition) is 1. The number of aromatic nitrogens is 4. The van der Waals surface area contributed by atoms with E-state index in [0.29, 0.717) is 30.3 Å². The first-order chi connectivity index (χ1) is 17.0. The van der Waals surface area contributed by atoms with Gasteiger partial charge in [-0.25, -0.2) is 19.6 Å². The van der Waals surface area contributed by atoms with Crippen molar-refractivity contribution in [3.8, 4) is 17.3 Å². The van der Waals surface area contributed by atoms with Crippen molar-refractivity contribution in [2.75, 3.05) is 20.3 Å². The predicted molar refractivity (Wildman–Crippen MR) is 134 cm³/mol. The molecule has 3 atom stereocenters. The first-order valence-corrected chi connectivity index (χ1v) is 12.2. The van der Waals surface area contributed by atoms with E-state index >= 15 is 0 Å². The number of aliphatic imine (C=N–C) groups is 1. The van der Waals surface area contributed by atoms with Gasteiger partial charge in [0.25, 0.3) is 0 Å². The lowest BCUT2D eigenvalue weighted by Crippen LogP contribution is -2.59. The van der Waals surface area contributed by atoms with Crippen LogP contribution < -0.4 is 15.8 Å². The molecule has 0 bridgehead atoms. The number of hydrogen-bond acceptors (Lipinski definition) is 8. The molecule has 1 amide bonds. The summed E-state index contributed by atoms with van der Waals surface area (Å²) in [5, 5.41) is 5.00. The van der Waals surface area contributed by atoms with Crippen LogP contribution in [0.15, 0.2) is 54.2 Å². The zero-order valence-electron chi connectivity index (χ0n) is 19.5. The summed E-state index contributed by atoms with van der Waals surface area (Å²) in [5.74, 6) is 1.54. The van der Waals surface area contributed by atoms with E-state index in [0.717, 1.165) is 10.9 Å². The first-order valence-electron chi connectivity index (χ1n) is 11.6. The fourth-order valence-electron chi connectivity index (χ4n) is 4.18. The van der Waals surface area contributed by atoms with Crippen LogP contribution in [0.25, 0.3) is 5.82 Å². The molecule has 4 heterocycles. The lowest BCUT2D eigenvalue weighted by atomic mass is 9.74. The Kier molecular flexibility index (Phi) is 6.49. The van der Waals surface area contributed by atoms with Gasteiger partial charge in [-0.05, 0) is 35.5 Å². The van der Waals surface area contributed by atoms with Crippen LogP contribution in [0.5, 0.6) is 11.5 Å². The Labute approximate surface area is 205 Å². The fraction of sp³-hybridized carbons (Fsp3) is 0.375. The molecule has 0 radical (unpaired) electrons. The van der Waals surface area contributed by atoms with Crippen molar-refractivity contribution < 1.29 is 14.3 Å². The molecule has 2 aromatic heterocycles. The number of benzene rings is 1. The maximum absolute atomic E-state index is 13.0. The summed E-state index contributed by atoms with van der Waals surface area (Å²) in [4.78, 5) is 27.5. The monoisotopic (exact) mass is 493 g/mol. The summed E-state index contributed by atoms with van der Waals surface area (Å²) >= 11 is 0. The van der Waals surface area contributed by atoms with Crippen molar-refractivity contribution in [1.82, 2.24) is 24.6 Å². The highest BCUT2D eigenvalue weighted by Crippen LogP contribution is 2.43. The van der Waals surface area contributed by atoms with E-state index in [9.17, 15) is 4.79 Å². The van der Waals surface area contributed by atoms with Gasteiger partial charge in [-0.2, -0.15) is 5.10 Å². The number of ether oxygens (including phenoxy) is 2. The highest BCUT2D eigenvalue weighted by atomic mass is 31.0. The standard InChI is InChI=1S/C21H22N7O3P.C3H6/c1-27-19(29)15-5-7-30-10-21(15,26-20(27)22)16-8-13(2-3-17(16)32)31-14-4-6-24-18(9-14)28-12-23-11-25-28;1-2-3-1/h2-4,6,8-9,11-12,15H,5,7,10,32H2,1H3,(H2,22,26);1-3H2. The minimum Gasteiger partial charge on any atom is -0.457 e. The molecule has 1 saturated carbocycles. The summed E-state index contributed by atoms with van der Waals surface area (Å²) in [6.07, 6.45) is 9.72. The van der Waals surface area contributed by atoms with Crippen molar-refractivity contribution in [3.63, 3.8) is 0 Å². The Bertz CT molecular complexity index is 1240. The molecule has 3 aromatic rings. The molecule has 11 heteroatoms. The third-order valence-corrected chi connectivity index (χ3v) is 6.69. The number of amides is 1. The number of pyridine rings is 1. The van der Waals surface area contributed by atoms with Gasteiger partial charge in [-0.1, -0.05) is 25.3 Å². The lowest BCUT2D eigenvalue weighted by molar-refractivity contribution is -0.140. The highest BCUT2D eigenvalue weighted by Gasteiger charge is 2.52. The second kappa shape index (κ2) is 9.71. The van der Waals surface area contributed by atoms with Crippen LogP contribution in [-0.2, 0) is 15.1 Å². The largest absolute Gasteiger partial charge is 0.457 e. The lowest BCUT2D eigenvalue weighted by Gasteiger charge is -2.45. The number of nitrogens with zero attached hydrogens (tertiary/aromatic N) is 6. The molecule has 2 N–H and O–H groups in total. The van der Waals surface area contributed by atoms with E-state index in [1.54, 1.807) is 36.4 Å². The fourth-order valence-corrected chi connectivity index (χ4v) is 4.61. The smallest absolute Gasteiger partial charge is 0.235 e. The van der Waals surface area contributed by atoms with Gasteiger partial charge < -0.3 is 15.2 Å². The van der Waals surface area contributed by atoms with Gasteiger partial charge in [0.15, 0.2) is 11.8 Å². The number of nitrogens with two attached hydrogens (primary N) is 1. The van der Waals surface area contributed by atoms with Crippen molar-refractivity contribution >= 4 is 26.4 Å². The van der Waals surface area contributed by atoms with E-state index in [1.165, 1.54) is 30.5 Å². The van der Waals surface area contributed by atoms with E-state index in [1.807, 2.05) is 18.2 Å². The van der Waals surface area contributed by atoms with Crippen molar-refractivity contribution in [1.29, 1.82) is 0 Å².